The number of hydrogen-bond donors (Lipinski definition) is 1. The molecule has 2 aliphatic rings. The third kappa shape index (κ3) is 5.02. The summed E-state index contributed by atoms with van der Waals surface area (Å²) < 4.78 is 6.85. The third-order valence-corrected chi connectivity index (χ3v) is 6.03. The Bertz CT molecular complexity index is 958. The fourth-order valence-electron chi connectivity index (χ4n) is 4.25. The van der Waals surface area contributed by atoms with Crippen molar-refractivity contribution in [1.82, 2.24) is 19.7 Å². The van der Waals surface area contributed by atoms with Crippen molar-refractivity contribution in [3.8, 4) is 0 Å². The molecule has 0 radical (unpaired) electrons. The normalized spacial score (nSPS) is 19.1. The highest BCUT2D eigenvalue weighted by molar-refractivity contribution is 5.96. The molecule has 2 aliphatic heterocycles. The molecule has 0 aromatic carbocycles. The van der Waals surface area contributed by atoms with Crippen molar-refractivity contribution in [2.45, 2.75) is 26.3 Å². The second-order valence-corrected chi connectivity index (χ2v) is 8.11. The first kappa shape index (κ1) is 23.1. The monoisotopic (exact) mass is 448 g/mol. The first-order valence-electron chi connectivity index (χ1n) is 10.6. The first-order chi connectivity index (χ1) is 14.5. The van der Waals surface area contributed by atoms with Crippen molar-refractivity contribution in [1.29, 1.82) is 0 Å². The highest BCUT2D eigenvalue weighted by Gasteiger charge is 2.29. The summed E-state index contributed by atoms with van der Waals surface area (Å²) in [5.41, 5.74) is 0.712. The number of piperazine rings is 1. The van der Waals surface area contributed by atoms with Gasteiger partial charge in [-0.1, -0.05) is 0 Å². The molecule has 0 spiro atoms. The highest BCUT2D eigenvalue weighted by atomic mass is 35.5. The molecule has 0 bridgehead atoms. The average molecular weight is 449 g/mol. The molecule has 4 heterocycles. The second-order valence-electron chi connectivity index (χ2n) is 8.11. The smallest absolute Gasteiger partial charge is 0.289 e. The molecule has 2 aromatic rings. The molecule has 1 N–H and O–H groups in total. The minimum absolute atomic E-state index is 0. The lowest BCUT2D eigenvalue weighted by atomic mass is 9.99. The molecule has 8 nitrogen and oxygen atoms in total. The molecule has 2 fully saturated rings. The van der Waals surface area contributed by atoms with Gasteiger partial charge in [0.2, 0.25) is 0 Å². The van der Waals surface area contributed by atoms with E-state index in [0.717, 1.165) is 25.9 Å². The lowest BCUT2D eigenvalue weighted by Gasteiger charge is -2.34. The summed E-state index contributed by atoms with van der Waals surface area (Å²) in [7, 11) is 0. The number of furan rings is 1. The Morgan fingerprint density at radius 1 is 1.13 bits per heavy atom. The molecule has 1 unspecified atom stereocenters. The number of amides is 2. The number of hydrogen-bond acceptors (Lipinski definition) is 5. The van der Waals surface area contributed by atoms with E-state index >= 15 is 0 Å². The Morgan fingerprint density at radius 3 is 2.45 bits per heavy atom. The Balaban J connectivity index is 0.00000272. The zero-order valence-electron chi connectivity index (χ0n) is 17.7. The quantitative estimate of drug-likeness (QED) is 0.770. The summed E-state index contributed by atoms with van der Waals surface area (Å²) in [5.74, 6) is 0.275. The second kappa shape index (κ2) is 10.2. The van der Waals surface area contributed by atoms with Gasteiger partial charge in [-0.15, -0.1) is 12.4 Å². The lowest BCUT2D eigenvalue weighted by molar-refractivity contribution is 0.0516. The van der Waals surface area contributed by atoms with Gasteiger partial charge in [0.1, 0.15) is 5.56 Å². The zero-order chi connectivity index (χ0) is 21.1. The van der Waals surface area contributed by atoms with Crippen LogP contribution in [0.5, 0.6) is 0 Å². The molecular weight excluding hydrogens is 420 g/mol. The molecule has 4 rings (SSSR count). The minimum atomic E-state index is -0.251. The van der Waals surface area contributed by atoms with Crippen LogP contribution in [-0.2, 0) is 6.54 Å². The topological polar surface area (TPSA) is 87.8 Å². The van der Waals surface area contributed by atoms with Crippen molar-refractivity contribution in [3.05, 3.63) is 57.9 Å². The van der Waals surface area contributed by atoms with Gasteiger partial charge in [-0.3, -0.25) is 14.4 Å². The number of pyridine rings is 1. The summed E-state index contributed by atoms with van der Waals surface area (Å²) in [4.78, 5) is 42.0. The van der Waals surface area contributed by atoms with Crippen molar-refractivity contribution in [2.75, 3.05) is 39.3 Å². The number of aryl methyl sites for hydroxylation is 1. The van der Waals surface area contributed by atoms with Crippen LogP contribution in [0.2, 0.25) is 0 Å². The minimum Gasteiger partial charge on any atom is -0.459 e. The molecule has 9 heteroatoms. The molecule has 168 valence electrons. The Labute approximate surface area is 187 Å². The first-order valence-corrected chi connectivity index (χ1v) is 10.6. The molecule has 0 saturated carbocycles. The lowest BCUT2D eigenvalue weighted by Crippen LogP contribution is -2.51. The maximum absolute atomic E-state index is 13.2. The summed E-state index contributed by atoms with van der Waals surface area (Å²) in [6.45, 7) is 5.97. The van der Waals surface area contributed by atoms with Gasteiger partial charge in [-0.05, 0) is 62.5 Å². The Morgan fingerprint density at radius 2 is 1.84 bits per heavy atom. The van der Waals surface area contributed by atoms with E-state index in [1.54, 1.807) is 39.6 Å². The van der Waals surface area contributed by atoms with Gasteiger partial charge < -0.3 is 24.1 Å². The van der Waals surface area contributed by atoms with Gasteiger partial charge >= 0.3 is 0 Å². The highest BCUT2D eigenvalue weighted by Crippen LogP contribution is 2.15. The number of halogens is 1. The van der Waals surface area contributed by atoms with E-state index < -0.39 is 0 Å². The van der Waals surface area contributed by atoms with E-state index in [1.165, 1.54) is 6.26 Å². The predicted molar refractivity (Wildman–Crippen MR) is 119 cm³/mol. The van der Waals surface area contributed by atoms with Gasteiger partial charge in [-0.2, -0.15) is 0 Å². The number of nitrogens with one attached hydrogen (secondary N) is 1. The van der Waals surface area contributed by atoms with Crippen molar-refractivity contribution < 1.29 is 14.0 Å². The summed E-state index contributed by atoms with van der Waals surface area (Å²) in [5, 5.41) is 3.37. The molecular formula is C22H29ClN4O4. The number of carbonyl (C=O) groups is 2. The maximum Gasteiger partial charge on any atom is 0.289 e. The van der Waals surface area contributed by atoms with Gasteiger partial charge in [0.05, 0.1) is 6.26 Å². The number of nitrogens with zero attached hydrogens (tertiary/aromatic N) is 3. The number of aromatic nitrogens is 1. The van der Waals surface area contributed by atoms with Crippen LogP contribution in [0.15, 0.2) is 39.9 Å². The van der Waals surface area contributed by atoms with Crippen LogP contribution in [0.3, 0.4) is 0 Å². The molecule has 2 saturated heterocycles. The molecule has 1 atom stereocenters. The number of piperidine rings is 1. The number of carbonyl (C=O) groups excluding carboxylic acids is 2. The van der Waals surface area contributed by atoms with E-state index in [9.17, 15) is 14.4 Å². The Kier molecular flexibility index (Phi) is 7.56. The molecule has 2 amide bonds. The largest absolute Gasteiger partial charge is 0.459 e. The maximum atomic E-state index is 13.2. The Hall–Kier alpha value is -2.58. The van der Waals surface area contributed by atoms with Crippen LogP contribution in [0.25, 0.3) is 0 Å². The van der Waals surface area contributed by atoms with E-state index in [4.69, 9.17) is 4.42 Å². The summed E-state index contributed by atoms with van der Waals surface area (Å²) in [6.07, 6.45) is 5.46. The van der Waals surface area contributed by atoms with Crippen LogP contribution < -0.4 is 10.9 Å². The number of rotatable bonds is 4. The zero-order valence-corrected chi connectivity index (χ0v) is 18.5. The van der Waals surface area contributed by atoms with Crippen molar-refractivity contribution in [3.63, 3.8) is 0 Å². The SMILES string of the molecule is Cc1ccn(CC2CCCNC2)c(=O)c1C(=O)N1CCN(C(=O)c2ccco2)CC1.Cl. The van der Waals surface area contributed by atoms with E-state index in [0.29, 0.717) is 50.0 Å². The van der Waals surface area contributed by atoms with Crippen LogP contribution in [0.4, 0.5) is 0 Å². The van der Waals surface area contributed by atoms with E-state index in [1.807, 2.05) is 6.07 Å². The van der Waals surface area contributed by atoms with Crippen LogP contribution in [0.1, 0.15) is 39.3 Å². The van der Waals surface area contributed by atoms with Crippen molar-refractivity contribution in [2.24, 2.45) is 5.92 Å². The van der Waals surface area contributed by atoms with Gasteiger partial charge in [0, 0.05) is 38.9 Å². The average Bonchev–Trinajstić information content (AvgIpc) is 3.31. The van der Waals surface area contributed by atoms with Crippen molar-refractivity contribution >= 4 is 24.2 Å². The molecule has 0 aliphatic carbocycles. The van der Waals surface area contributed by atoms with Crippen LogP contribution in [0, 0.1) is 12.8 Å². The van der Waals surface area contributed by atoms with Crippen LogP contribution in [-0.4, -0.2) is 65.4 Å². The molecule has 2 aromatic heterocycles. The summed E-state index contributed by atoms with van der Waals surface area (Å²) >= 11 is 0. The van der Waals surface area contributed by atoms with Gasteiger partial charge in [0.25, 0.3) is 17.4 Å². The van der Waals surface area contributed by atoms with E-state index in [2.05, 4.69) is 5.32 Å². The fourth-order valence-corrected chi connectivity index (χ4v) is 4.25. The van der Waals surface area contributed by atoms with Crippen LogP contribution >= 0.6 is 12.4 Å². The third-order valence-electron chi connectivity index (χ3n) is 6.03. The van der Waals surface area contributed by atoms with Gasteiger partial charge in [0.15, 0.2) is 5.76 Å². The summed E-state index contributed by atoms with van der Waals surface area (Å²) in [6, 6.07) is 5.17. The standard InChI is InChI=1S/C22H28N4O4.ClH/c1-16-6-8-26(15-17-4-2-7-23-14-17)22(29)19(16)21(28)25-11-9-24(10-12-25)20(27)18-5-3-13-30-18;/h3,5-6,8,13,17,23H,2,4,7,9-12,14-15H2,1H3;1H. The van der Waals surface area contributed by atoms with Gasteiger partial charge in [-0.25, -0.2) is 0 Å². The molecule has 31 heavy (non-hydrogen) atoms. The predicted octanol–water partition coefficient (Wildman–Crippen LogP) is 1.77. The fraction of sp³-hybridized carbons (Fsp3) is 0.500. The van der Waals surface area contributed by atoms with E-state index in [-0.39, 0.29) is 35.3 Å².